The third-order valence-corrected chi connectivity index (χ3v) is 6.66. The summed E-state index contributed by atoms with van der Waals surface area (Å²) in [4.78, 5) is 26.4. The first-order chi connectivity index (χ1) is 16.1. The minimum absolute atomic E-state index is 0.0364. The highest BCUT2D eigenvalue weighted by atomic mass is 16.6. The van der Waals surface area contributed by atoms with Crippen molar-refractivity contribution in [3.8, 4) is 5.75 Å². The third kappa shape index (κ3) is 5.69. The summed E-state index contributed by atoms with van der Waals surface area (Å²) in [5.41, 5.74) is 0.927. The van der Waals surface area contributed by atoms with Gasteiger partial charge < -0.3 is 14.8 Å². The number of carbonyl (C=O) groups excluding carboxylic acids is 1. The molecule has 2 aromatic rings. The minimum Gasteiger partial charge on any atom is -0.492 e. The number of rotatable bonds is 8. The number of nitro benzene ring substituents is 1. The van der Waals surface area contributed by atoms with E-state index < -0.39 is 10.3 Å². The van der Waals surface area contributed by atoms with Gasteiger partial charge in [-0.1, -0.05) is 31.4 Å². The van der Waals surface area contributed by atoms with Crippen LogP contribution in [0.2, 0.25) is 0 Å². The number of ether oxygens (including phenoxy) is 2. The number of morpholine rings is 1. The molecule has 2 aromatic carbocycles. The summed E-state index contributed by atoms with van der Waals surface area (Å²) in [6.07, 6.45) is 4.48. The Morgan fingerprint density at radius 3 is 2.33 bits per heavy atom. The predicted octanol–water partition coefficient (Wildman–Crippen LogP) is 4.15. The molecule has 1 heterocycles. The number of nitrogens with zero attached hydrogens (tertiary/aromatic N) is 2. The zero-order chi connectivity index (χ0) is 23.1. The fraction of sp³-hybridized carbons (Fsp3) is 0.480. The van der Waals surface area contributed by atoms with Crippen LogP contribution in [-0.4, -0.2) is 55.2 Å². The lowest BCUT2D eigenvalue weighted by atomic mass is 9.68. The van der Waals surface area contributed by atoms with Gasteiger partial charge in [0.2, 0.25) is 5.91 Å². The van der Waals surface area contributed by atoms with E-state index in [0.717, 1.165) is 76.3 Å². The molecular weight excluding hydrogens is 422 g/mol. The van der Waals surface area contributed by atoms with E-state index in [1.165, 1.54) is 12.1 Å². The monoisotopic (exact) mass is 453 g/mol. The van der Waals surface area contributed by atoms with Crippen molar-refractivity contribution in [1.29, 1.82) is 0 Å². The van der Waals surface area contributed by atoms with Gasteiger partial charge in [-0.15, -0.1) is 0 Å². The van der Waals surface area contributed by atoms with Gasteiger partial charge in [0.15, 0.2) is 0 Å². The molecule has 1 amide bonds. The molecule has 2 aliphatic rings. The minimum atomic E-state index is -0.666. The van der Waals surface area contributed by atoms with Gasteiger partial charge in [0.1, 0.15) is 12.4 Å². The van der Waals surface area contributed by atoms with Crippen LogP contribution in [0.25, 0.3) is 0 Å². The van der Waals surface area contributed by atoms with Crippen molar-refractivity contribution >= 4 is 17.3 Å². The summed E-state index contributed by atoms with van der Waals surface area (Å²) < 4.78 is 11.2. The molecule has 1 N–H and O–H groups in total. The van der Waals surface area contributed by atoms with Crippen LogP contribution in [0.1, 0.15) is 37.7 Å². The number of nitrogens with one attached hydrogen (secondary N) is 1. The molecule has 1 saturated carbocycles. The normalized spacial score (nSPS) is 18.4. The Morgan fingerprint density at radius 2 is 1.70 bits per heavy atom. The van der Waals surface area contributed by atoms with E-state index in [1.807, 2.05) is 24.3 Å². The summed E-state index contributed by atoms with van der Waals surface area (Å²) in [6, 6.07) is 13.9. The van der Waals surface area contributed by atoms with Gasteiger partial charge in [-0.25, -0.2) is 0 Å². The van der Waals surface area contributed by atoms with Gasteiger partial charge in [0.05, 0.1) is 23.6 Å². The Labute approximate surface area is 194 Å². The number of hydrogen-bond donors (Lipinski definition) is 1. The fourth-order valence-corrected chi connectivity index (χ4v) is 4.71. The fourth-order valence-electron chi connectivity index (χ4n) is 4.71. The quantitative estimate of drug-likeness (QED) is 0.477. The molecule has 176 valence electrons. The van der Waals surface area contributed by atoms with Crippen LogP contribution in [0.15, 0.2) is 48.5 Å². The molecule has 0 spiro atoms. The lowest BCUT2D eigenvalue weighted by molar-refractivity contribution is -0.384. The van der Waals surface area contributed by atoms with Gasteiger partial charge in [0.25, 0.3) is 5.69 Å². The summed E-state index contributed by atoms with van der Waals surface area (Å²) in [5.74, 6) is 0.709. The highest BCUT2D eigenvalue weighted by molar-refractivity contribution is 5.99. The van der Waals surface area contributed by atoms with Crippen molar-refractivity contribution in [2.24, 2.45) is 0 Å². The first-order valence-corrected chi connectivity index (χ1v) is 11.7. The van der Waals surface area contributed by atoms with Crippen molar-refractivity contribution in [2.45, 2.75) is 37.5 Å². The van der Waals surface area contributed by atoms with Crippen molar-refractivity contribution in [3.05, 3.63) is 64.2 Å². The standard InChI is InChI=1S/C25H31N3O5/c29-24(25(12-2-1-3-13-25)20-4-8-22(9-5-20)28(30)31)26-21-6-10-23(11-7-21)33-19-16-27-14-17-32-18-15-27/h4-11H,1-3,12-19H2,(H,26,29). The molecule has 33 heavy (non-hydrogen) atoms. The Bertz CT molecular complexity index is 934. The first kappa shape index (κ1) is 23.2. The van der Waals surface area contributed by atoms with Crippen LogP contribution in [0.4, 0.5) is 11.4 Å². The van der Waals surface area contributed by atoms with E-state index in [4.69, 9.17) is 9.47 Å². The average molecular weight is 454 g/mol. The number of amides is 1. The topological polar surface area (TPSA) is 93.9 Å². The average Bonchev–Trinajstić information content (AvgIpc) is 2.86. The SMILES string of the molecule is O=C(Nc1ccc(OCCN2CCOCC2)cc1)C1(c2ccc([N+](=O)[O-])cc2)CCCCC1. The maximum Gasteiger partial charge on any atom is 0.269 e. The summed E-state index contributed by atoms with van der Waals surface area (Å²) >= 11 is 0. The molecule has 4 rings (SSSR count). The molecule has 0 bridgehead atoms. The predicted molar refractivity (Wildman–Crippen MR) is 126 cm³/mol. The van der Waals surface area contributed by atoms with Crippen LogP contribution < -0.4 is 10.1 Å². The van der Waals surface area contributed by atoms with E-state index in [9.17, 15) is 14.9 Å². The van der Waals surface area contributed by atoms with Crippen LogP contribution in [0.5, 0.6) is 5.75 Å². The van der Waals surface area contributed by atoms with Gasteiger partial charge >= 0.3 is 0 Å². The van der Waals surface area contributed by atoms with E-state index in [-0.39, 0.29) is 11.6 Å². The van der Waals surface area contributed by atoms with Crippen LogP contribution in [0.3, 0.4) is 0 Å². The largest absolute Gasteiger partial charge is 0.492 e. The van der Waals surface area contributed by atoms with Gasteiger partial charge in [-0.3, -0.25) is 19.8 Å². The number of carbonyl (C=O) groups is 1. The maximum atomic E-state index is 13.4. The lowest BCUT2D eigenvalue weighted by Crippen LogP contribution is -2.42. The number of benzene rings is 2. The van der Waals surface area contributed by atoms with E-state index in [2.05, 4.69) is 10.2 Å². The molecule has 1 saturated heterocycles. The third-order valence-electron chi connectivity index (χ3n) is 6.66. The zero-order valence-corrected chi connectivity index (χ0v) is 18.8. The number of non-ortho nitro benzene ring substituents is 1. The van der Waals surface area contributed by atoms with E-state index in [1.54, 1.807) is 12.1 Å². The molecule has 1 aliphatic carbocycles. The van der Waals surface area contributed by atoms with Crippen LogP contribution >= 0.6 is 0 Å². The molecule has 8 heteroatoms. The molecule has 2 fully saturated rings. The second-order valence-electron chi connectivity index (χ2n) is 8.73. The molecule has 0 atom stereocenters. The smallest absolute Gasteiger partial charge is 0.269 e. The first-order valence-electron chi connectivity index (χ1n) is 11.7. The molecule has 0 radical (unpaired) electrons. The number of hydrogen-bond acceptors (Lipinski definition) is 6. The van der Waals surface area contributed by atoms with E-state index >= 15 is 0 Å². The van der Waals surface area contributed by atoms with Crippen molar-refractivity contribution in [3.63, 3.8) is 0 Å². The maximum absolute atomic E-state index is 13.4. The second-order valence-corrected chi connectivity index (χ2v) is 8.73. The van der Waals surface area contributed by atoms with Crippen LogP contribution in [-0.2, 0) is 14.9 Å². The zero-order valence-electron chi connectivity index (χ0n) is 18.8. The number of anilines is 1. The highest BCUT2D eigenvalue weighted by Crippen LogP contribution is 2.41. The van der Waals surface area contributed by atoms with Crippen molar-refractivity contribution in [2.75, 3.05) is 44.8 Å². The highest BCUT2D eigenvalue weighted by Gasteiger charge is 2.41. The molecule has 0 unspecified atom stereocenters. The number of nitro groups is 1. The lowest BCUT2D eigenvalue weighted by Gasteiger charge is -2.36. The Morgan fingerprint density at radius 1 is 1.03 bits per heavy atom. The summed E-state index contributed by atoms with van der Waals surface area (Å²) in [7, 11) is 0. The molecule has 1 aliphatic heterocycles. The van der Waals surface area contributed by atoms with Gasteiger partial charge in [-0.05, 0) is 42.7 Å². The van der Waals surface area contributed by atoms with Gasteiger partial charge in [0, 0.05) is 37.5 Å². The Balaban J connectivity index is 1.38. The summed E-state index contributed by atoms with van der Waals surface area (Å²) in [6.45, 7) is 4.88. The summed E-state index contributed by atoms with van der Waals surface area (Å²) in [5, 5.41) is 14.1. The molecule has 8 nitrogen and oxygen atoms in total. The Kier molecular flexibility index (Phi) is 7.57. The molecule has 0 aromatic heterocycles. The van der Waals surface area contributed by atoms with Crippen molar-refractivity contribution in [1.82, 2.24) is 4.90 Å². The Hall–Kier alpha value is -2.97. The van der Waals surface area contributed by atoms with Crippen LogP contribution in [0, 0.1) is 10.1 Å². The van der Waals surface area contributed by atoms with Gasteiger partial charge in [-0.2, -0.15) is 0 Å². The second kappa shape index (κ2) is 10.8. The van der Waals surface area contributed by atoms with E-state index in [0.29, 0.717) is 12.3 Å². The van der Waals surface area contributed by atoms with Crippen molar-refractivity contribution < 1.29 is 19.2 Å². The molecular formula is C25H31N3O5.